The molecule has 1 aliphatic rings. The fourth-order valence-electron chi connectivity index (χ4n) is 3.50. The molecule has 0 saturated carbocycles. The number of hydrogen-bond acceptors (Lipinski definition) is 5. The van der Waals surface area contributed by atoms with Crippen LogP contribution in [0.3, 0.4) is 0 Å². The van der Waals surface area contributed by atoms with Crippen molar-refractivity contribution in [2.45, 2.75) is 5.60 Å². The van der Waals surface area contributed by atoms with Gasteiger partial charge in [-0.15, -0.1) is 15.3 Å². The highest BCUT2D eigenvalue weighted by atomic mass is 35.5. The summed E-state index contributed by atoms with van der Waals surface area (Å²) in [5.41, 5.74) is 0.913. The lowest BCUT2D eigenvalue weighted by Gasteiger charge is -2.47. The highest BCUT2D eigenvalue weighted by molar-refractivity contribution is 6.35. The molecule has 0 atom stereocenters. The summed E-state index contributed by atoms with van der Waals surface area (Å²) < 4.78 is 14.8. The van der Waals surface area contributed by atoms with E-state index in [-0.39, 0.29) is 5.82 Å². The average molecular weight is 430 g/mol. The topological polar surface area (TPSA) is 66.5 Å². The van der Waals surface area contributed by atoms with Crippen LogP contribution >= 0.6 is 23.2 Å². The van der Waals surface area contributed by atoms with Crippen molar-refractivity contribution >= 4 is 34.7 Å². The molecule has 2 aromatic carbocycles. The monoisotopic (exact) mass is 429 g/mol. The smallest absolute Gasteiger partial charge is 0.185 e. The SMILES string of the molecule is OC1(c2ccc(F)cc2)CN(c2ccc3nnc(-c4cc(Cl)cc(Cl)c4)n3n2)C1. The predicted octanol–water partition coefficient (Wildman–Crippen LogP) is 3.95. The molecule has 0 aliphatic carbocycles. The van der Waals surface area contributed by atoms with E-state index in [1.165, 1.54) is 12.1 Å². The Morgan fingerprint density at radius 3 is 2.31 bits per heavy atom. The molecular formula is C20H14Cl2FN5O. The largest absolute Gasteiger partial charge is 0.381 e. The molecule has 0 spiro atoms. The number of benzene rings is 2. The van der Waals surface area contributed by atoms with Gasteiger partial charge in [0.1, 0.15) is 17.2 Å². The summed E-state index contributed by atoms with van der Waals surface area (Å²) in [7, 11) is 0. The molecule has 0 unspecified atom stereocenters. The van der Waals surface area contributed by atoms with Crippen LogP contribution in [-0.4, -0.2) is 38.0 Å². The van der Waals surface area contributed by atoms with E-state index in [2.05, 4.69) is 15.3 Å². The maximum absolute atomic E-state index is 13.2. The van der Waals surface area contributed by atoms with Gasteiger partial charge in [0.05, 0.1) is 13.1 Å². The highest BCUT2D eigenvalue weighted by Crippen LogP contribution is 2.35. The third-order valence-electron chi connectivity index (χ3n) is 4.98. The molecule has 0 radical (unpaired) electrons. The lowest BCUT2D eigenvalue weighted by molar-refractivity contribution is 0.00690. The van der Waals surface area contributed by atoms with Gasteiger partial charge in [-0.2, -0.15) is 4.52 Å². The number of fused-ring (bicyclic) bond motifs is 1. The van der Waals surface area contributed by atoms with Gasteiger partial charge in [-0.25, -0.2) is 4.39 Å². The molecule has 1 fully saturated rings. The Morgan fingerprint density at radius 2 is 1.62 bits per heavy atom. The number of nitrogens with zero attached hydrogens (tertiary/aromatic N) is 5. The van der Waals surface area contributed by atoms with Crippen LogP contribution < -0.4 is 4.90 Å². The second kappa shape index (κ2) is 6.66. The number of hydrogen-bond donors (Lipinski definition) is 1. The Kier molecular flexibility index (Phi) is 4.20. The van der Waals surface area contributed by atoms with Crippen molar-refractivity contribution in [1.82, 2.24) is 19.8 Å². The Balaban J connectivity index is 1.46. The zero-order chi connectivity index (χ0) is 20.2. The minimum atomic E-state index is -1.04. The van der Waals surface area contributed by atoms with Crippen LogP contribution in [0, 0.1) is 5.82 Å². The van der Waals surface area contributed by atoms with Crippen molar-refractivity contribution in [3.63, 3.8) is 0 Å². The van der Waals surface area contributed by atoms with Gasteiger partial charge in [-0.05, 0) is 48.0 Å². The number of aliphatic hydroxyl groups is 1. The Morgan fingerprint density at radius 1 is 0.931 bits per heavy atom. The third kappa shape index (κ3) is 3.21. The van der Waals surface area contributed by atoms with E-state index < -0.39 is 5.60 Å². The van der Waals surface area contributed by atoms with E-state index in [1.54, 1.807) is 40.9 Å². The Labute approximate surface area is 175 Å². The maximum Gasteiger partial charge on any atom is 0.185 e. The summed E-state index contributed by atoms with van der Waals surface area (Å²) in [5.74, 6) is 0.848. The summed E-state index contributed by atoms with van der Waals surface area (Å²) in [5, 5.41) is 24.8. The van der Waals surface area contributed by atoms with Crippen molar-refractivity contribution in [3.8, 4) is 11.4 Å². The molecule has 3 heterocycles. The first-order valence-electron chi connectivity index (χ1n) is 8.84. The summed E-state index contributed by atoms with van der Waals surface area (Å²) in [4.78, 5) is 1.93. The summed E-state index contributed by atoms with van der Waals surface area (Å²) in [6.07, 6.45) is 0. The first-order valence-corrected chi connectivity index (χ1v) is 9.59. The van der Waals surface area contributed by atoms with Gasteiger partial charge in [-0.3, -0.25) is 0 Å². The van der Waals surface area contributed by atoms with Crippen molar-refractivity contribution in [2.24, 2.45) is 0 Å². The minimum Gasteiger partial charge on any atom is -0.381 e. The van der Waals surface area contributed by atoms with Crippen molar-refractivity contribution in [2.75, 3.05) is 18.0 Å². The first-order chi connectivity index (χ1) is 13.9. The van der Waals surface area contributed by atoms with Crippen LogP contribution in [0.1, 0.15) is 5.56 Å². The van der Waals surface area contributed by atoms with Gasteiger partial charge in [0, 0.05) is 15.6 Å². The van der Waals surface area contributed by atoms with Gasteiger partial charge in [0.2, 0.25) is 0 Å². The molecule has 1 aliphatic heterocycles. The molecule has 6 nitrogen and oxygen atoms in total. The number of β-amino-alcohol motifs (C(OH)–C–C–N with tert-alkyl or cyclic N) is 1. The lowest BCUT2D eigenvalue weighted by atomic mass is 9.86. The van der Waals surface area contributed by atoms with E-state index in [1.807, 2.05) is 11.0 Å². The molecular weight excluding hydrogens is 416 g/mol. The predicted molar refractivity (Wildman–Crippen MR) is 109 cm³/mol. The molecule has 5 rings (SSSR count). The fraction of sp³-hybridized carbons (Fsp3) is 0.150. The summed E-state index contributed by atoms with van der Waals surface area (Å²) >= 11 is 12.2. The molecule has 146 valence electrons. The summed E-state index contributed by atoms with van der Waals surface area (Å²) in [6, 6.07) is 14.7. The van der Waals surface area contributed by atoms with Gasteiger partial charge >= 0.3 is 0 Å². The molecule has 1 N–H and O–H groups in total. The highest BCUT2D eigenvalue weighted by Gasteiger charge is 2.43. The van der Waals surface area contributed by atoms with Crippen LogP contribution in [0.4, 0.5) is 10.2 Å². The quantitative estimate of drug-likeness (QED) is 0.534. The van der Waals surface area contributed by atoms with E-state index in [0.717, 1.165) is 0 Å². The molecule has 1 saturated heterocycles. The van der Waals surface area contributed by atoms with Gasteiger partial charge in [0.25, 0.3) is 0 Å². The Bertz CT molecular complexity index is 1200. The normalized spacial score (nSPS) is 15.5. The first kappa shape index (κ1) is 18.3. The van der Waals surface area contributed by atoms with E-state index in [0.29, 0.717) is 51.6 Å². The molecule has 9 heteroatoms. The third-order valence-corrected chi connectivity index (χ3v) is 5.42. The standard InChI is InChI=1S/C20H14Cl2FN5O/c21-14-7-12(8-15(22)9-14)19-25-24-17-5-6-18(26-28(17)19)27-10-20(29,11-27)13-1-3-16(23)4-2-13/h1-9,29H,10-11H2. The van der Waals surface area contributed by atoms with Crippen molar-refractivity contribution in [1.29, 1.82) is 0 Å². The minimum absolute atomic E-state index is 0.332. The van der Waals surface area contributed by atoms with E-state index >= 15 is 0 Å². The van der Waals surface area contributed by atoms with E-state index in [9.17, 15) is 9.50 Å². The zero-order valence-corrected chi connectivity index (χ0v) is 16.4. The van der Waals surface area contributed by atoms with Gasteiger partial charge < -0.3 is 10.0 Å². The summed E-state index contributed by atoms with van der Waals surface area (Å²) in [6.45, 7) is 0.690. The zero-order valence-electron chi connectivity index (χ0n) is 14.9. The fourth-order valence-corrected chi connectivity index (χ4v) is 4.03. The molecule has 29 heavy (non-hydrogen) atoms. The van der Waals surface area contributed by atoms with Gasteiger partial charge in [0.15, 0.2) is 11.5 Å². The van der Waals surface area contributed by atoms with Crippen LogP contribution in [0.15, 0.2) is 54.6 Å². The maximum atomic E-state index is 13.2. The average Bonchev–Trinajstić information content (AvgIpc) is 3.08. The van der Waals surface area contributed by atoms with Crippen LogP contribution in [0.25, 0.3) is 17.0 Å². The van der Waals surface area contributed by atoms with Crippen molar-refractivity contribution in [3.05, 3.63) is 76.0 Å². The van der Waals surface area contributed by atoms with Crippen LogP contribution in [0.2, 0.25) is 10.0 Å². The number of halogens is 3. The number of rotatable bonds is 3. The number of anilines is 1. The second-order valence-corrected chi connectivity index (χ2v) is 7.91. The molecule has 2 aromatic heterocycles. The molecule has 4 aromatic rings. The number of aromatic nitrogens is 4. The van der Waals surface area contributed by atoms with Crippen LogP contribution in [0.5, 0.6) is 0 Å². The lowest BCUT2D eigenvalue weighted by Crippen LogP contribution is -2.60. The van der Waals surface area contributed by atoms with Crippen LogP contribution in [-0.2, 0) is 5.60 Å². The van der Waals surface area contributed by atoms with Gasteiger partial charge in [-0.1, -0.05) is 35.3 Å². The Hall–Kier alpha value is -2.74. The van der Waals surface area contributed by atoms with Crippen molar-refractivity contribution < 1.29 is 9.50 Å². The second-order valence-electron chi connectivity index (χ2n) is 7.04. The van der Waals surface area contributed by atoms with E-state index in [4.69, 9.17) is 23.2 Å². The molecule has 0 bridgehead atoms. The molecule has 0 amide bonds.